The fourth-order valence-corrected chi connectivity index (χ4v) is 1.34. The van der Waals surface area contributed by atoms with Gasteiger partial charge in [-0.15, -0.1) is 0 Å². The van der Waals surface area contributed by atoms with Crippen molar-refractivity contribution in [2.24, 2.45) is 5.73 Å². The van der Waals surface area contributed by atoms with Crippen molar-refractivity contribution in [2.45, 2.75) is 26.8 Å². The monoisotopic (exact) mass is 209 g/mol. The van der Waals surface area contributed by atoms with Crippen LogP contribution in [-0.4, -0.2) is 13.4 Å². The molecule has 0 fully saturated rings. The van der Waals surface area contributed by atoms with Crippen molar-refractivity contribution < 1.29 is 9.47 Å². The molecule has 0 radical (unpaired) electrons. The molecule has 2 N–H and O–H groups in total. The van der Waals surface area contributed by atoms with Crippen molar-refractivity contribution >= 4 is 0 Å². The molecule has 0 amide bonds. The van der Waals surface area contributed by atoms with Crippen LogP contribution in [0.1, 0.15) is 31.0 Å². The molecule has 0 aliphatic rings. The Balaban J connectivity index is 2.77. The highest BCUT2D eigenvalue weighted by Gasteiger charge is 2.07. The first kappa shape index (κ1) is 12.0. The minimum Gasteiger partial charge on any atom is -0.467 e. The summed E-state index contributed by atoms with van der Waals surface area (Å²) in [7, 11) is 0. The predicted molar refractivity (Wildman–Crippen MR) is 60.9 cm³/mol. The fourth-order valence-electron chi connectivity index (χ4n) is 1.34. The summed E-state index contributed by atoms with van der Waals surface area (Å²) in [5, 5.41) is 0. The molecular weight excluding hydrogens is 190 g/mol. The Morgan fingerprint density at radius 2 is 2.13 bits per heavy atom. The van der Waals surface area contributed by atoms with Gasteiger partial charge in [0.15, 0.2) is 6.79 Å². The van der Waals surface area contributed by atoms with E-state index in [2.05, 4.69) is 0 Å². The van der Waals surface area contributed by atoms with Gasteiger partial charge in [0.1, 0.15) is 5.75 Å². The van der Waals surface area contributed by atoms with Crippen molar-refractivity contribution in [1.82, 2.24) is 0 Å². The van der Waals surface area contributed by atoms with Gasteiger partial charge >= 0.3 is 0 Å². The van der Waals surface area contributed by atoms with E-state index in [9.17, 15) is 0 Å². The molecule has 0 heterocycles. The van der Waals surface area contributed by atoms with Crippen molar-refractivity contribution in [3.05, 3.63) is 29.3 Å². The molecule has 1 atom stereocenters. The van der Waals surface area contributed by atoms with E-state index in [0.29, 0.717) is 6.61 Å². The van der Waals surface area contributed by atoms with Gasteiger partial charge in [-0.1, -0.05) is 17.7 Å². The molecule has 1 rings (SSSR count). The van der Waals surface area contributed by atoms with E-state index >= 15 is 0 Å². The molecule has 1 unspecified atom stereocenters. The van der Waals surface area contributed by atoms with E-state index in [1.165, 1.54) is 5.56 Å². The van der Waals surface area contributed by atoms with E-state index in [1.54, 1.807) is 0 Å². The van der Waals surface area contributed by atoms with Crippen molar-refractivity contribution in [2.75, 3.05) is 13.4 Å². The van der Waals surface area contributed by atoms with Gasteiger partial charge in [0, 0.05) is 18.2 Å². The Morgan fingerprint density at radius 3 is 2.73 bits per heavy atom. The molecule has 3 nitrogen and oxygen atoms in total. The number of nitrogens with two attached hydrogens (primary N) is 1. The first-order valence-corrected chi connectivity index (χ1v) is 5.21. The molecule has 84 valence electrons. The summed E-state index contributed by atoms with van der Waals surface area (Å²) in [4.78, 5) is 0. The third-order valence-corrected chi connectivity index (χ3v) is 2.16. The van der Waals surface area contributed by atoms with Crippen LogP contribution in [0, 0.1) is 6.92 Å². The van der Waals surface area contributed by atoms with Gasteiger partial charge < -0.3 is 15.2 Å². The number of ether oxygens (including phenoxy) is 2. The van der Waals surface area contributed by atoms with Gasteiger partial charge in [-0.05, 0) is 26.8 Å². The minimum atomic E-state index is -0.0264. The van der Waals surface area contributed by atoms with Gasteiger partial charge in [0.05, 0.1) is 0 Å². The first-order chi connectivity index (χ1) is 7.15. The van der Waals surface area contributed by atoms with Crippen molar-refractivity contribution in [3.8, 4) is 5.75 Å². The summed E-state index contributed by atoms with van der Waals surface area (Å²) < 4.78 is 10.6. The van der Waals surface area contributed by atoms with Crippen LogP contribution >= 0.6 is 0 Å². The van der Waals surface area contributed by atoms with Gasteiger partial charge in [-0.3, -0.25) is 0 Å². The van der Waals surface area contributed by atoms with Crippen LogP contribution in [0.15, 0.2) is 18.2 Å². The van der Waals surface area contributed by atoms with Crippen LogP contribution in [0.25, 0.3) is 0 Å². The zero-order chi connectivity index (χ0) is 11.3. The molecule has 15 heavy (non-hydrogen) atoms. The topological polar surface area (TPSA) is 44.5 Å². The Bertz CT molecular complexity index is 310. The maximum absolute atomic E-state index is 5.87. The van der Waals surface area contributed by atoms with E-state index in [0.717, 1.165) is 11.3 Å². The Kier molecular flexibility index (Phi) is 4.59. The van der Waals surface area contributed by atoms with Crippen molar-refractivity contribution in [3.63, 3.8) is 0 Å². The molecule has 0 aliphatic carbocycles. The lowest BCUT2D eigenvalue weighted by atomic mass is 10.1. The average molecular weight is 209 g/mol. The molecular formula is C12H19NO2. The third kappa shape index (κ3) is 3.53. The van der Waals surface area contributed by atoms with Crippen molar-refractivity contribution in [1.29, 1.82) is 0 Å². The first-order valence-electron chi connectivity index (χ1n) is 5.21. The molecule has 0 saturated heterocycles. The smallest absolute Gasteiger partial charge is 0.189 e. The zero-order valence-corrected chi connectivity index (χ0v) is 9.62. The lowest BCUT2D eigenvalue weighted by molar-refractivity contribution is 0.0217. The van der Waals surface area contributed by atoms with Gasteiger partial charge in [-0.25, -0.2) is 0 Å². The molecule has 0 saturated carbocycles. The highest BCUT2D eigenvalue weighted by atomic mass is 16.7. The molecule has 1 aromatic rings. The van der Waals surface area contributed by atoms with E-state index in [1.807, 2.05) is 39.0 Å². The Labute approximate surface area is 91.2 Å². The summed E-state index contributed by atoms with van der Waals surface area (Å²) >= 11 is 0. The maximum Gasteiger partial charge on any atom is 0.189 e. The summed E-state index contributed by atoms with van der Waals surface area (Å²) in [6.45, 7) is 6.85. The van der Waals surface area contributed by atoms with Crippen LogP contribution in [0.5, 0.6) is 5.75 Å². The molecule has 3 heteroatoms. The van der Waals surface area contributed by atoms with Crippen LogP contribution in [-0.2, 0) is 4.74 Å². The highest BCUT2D eigenvalue weighted by molar-refractivity contribution is 5.38. The zero-order valence-electron chi connectivity index (χ0n) is 9.62. The Hall–Kier alpha value is -1.06. The standard InChI is InChI=1S/C12H19NO2/c1-4-14-8-15-12-6-5-9(2)7-11(12)10(3)13/h5-7,10H,4,8,13H2,1-3H3. The summed E-state index contributed by atoms with van der Waals surface area (Å²) in [6, 6.07) is 5.97. The van der Waals surface area contributed by atoms with Crippen LogP contribution in [0.2, 0.25) is 0 Å². The molecule has 0 spiro atoms. The SMILES string of the molecule is CCOCOc1ccc(C)cc1C(C)N. The molecule has 0 aromatic heterocycles. The second-order valence-electron chi connectivity index (χ2n) is 3.58. The number of aryl methyl sites for hydroxylation is 1. The van der Waals surface area contributed by atoms with E-state index in [4.69, 9.17) is 15.2 Å². The Morgan fingerprint density at radius 1 is 1.40 bits per heavy atom. The minimum absolute atomic E-state index is 0.0264. The normalized spacial score (nSPS) is 12.5. The summed E-state index contributed by atoms with van der Waals surface area (Å²) in [5.74, 6) is 0.809. The number of rotatable bonds is 5. The maximum atomic E-state index is 5.87. The van der Waals surface area contributed by atoms with Crippen LogP contribution in [0.3, 0.4) is 0 Å². The summed E-state index contributed by atoms with van der Waals surface area (Å²) in [6.07, 6.45) is 0. The lowest BCUT2D eigenvalue weighted by Crippen LogP contribution is -2.10. The highest BCUT2D eigenvalue weighted by Crippen LogP contribution is 2.24. The second kappa shape index (κ2) is 5.73. The van der Waals surface area contributed by atoms with Gasteiger partial charge in [-0.2, -0.15) is 0 Å². The second-order valence-corrected chi connectivity index (χ2v) is 3.58. The molecule has 0 bridgehead atoms. The van der Waals surface area contributed by atoms with Crippen LogP contribution < -0.4 is 10.5 Å². The number of hydrogen-bond donors (Lipinski definition) is 1. The largest absolute Gasteiger partial charge is 0.467 e. The fraction of sp³-hybridized carbons (Fsp3) is 0.500. The predicted octanol–water partition coefficient (Wildman–Crippen LogP) is 2.39. The third-order valence-electron chi connectivity index (χ3n) is 2.16. The van der Waals surface area contributed by atoms with Crippen LogP contribution in [0.4, 0.5) is 0 Å². The molecule has 0 aliphatic heterocycles. The lowest BCUT2D eigenvalue weighted by Gasteiger charge is -2.14. The number of benzene rings is 1. The van der Waals surface area contributed by atoms with Gasteiger partial charge in [0.2, 0.25) is 0 Å². The number of hydrogen-bond acceptors (Lipinski definition) is 3. The van der Waals surface area contributed by atoms with E-state index < -0.39 is 0 Å². The van der Waals surface area contributed by atoms with E-state index in [-0.39, 0.29) is 12.8 Å². The van der Waals surface area contributed by atoms with Gasteiger partial charge in [0.25, 0.3) is 0 Å². The summed E-state index contributed by atoms with van der Waals surface area (Å²) in [5.41, 5.74) is 8.08. The quantitative estimate of drug-likeness (QED) is 0.598. The average Bonchev–Trinajstić information content (AvgIpc) is 2.20. The molecule has 1 aromatic carbocycles.